The van der Waals surface area contributed by atoms with Crippen molar-refractivity contribution in [3.05, 3.63) is 53.6 Å². The van der Waals surface area contributed by atoms with Crippen molar-refractivity contribution in [1.29, 1.82) is 0 Å². The summed E-state index contributed by atoms with van der Waals surface area (Å²) in [5.74, 6) is 1.80. The Morgan fingerprint density at radius 3 is 2.40 bits per heavy atom. The van der Waals surface area contributed by atoms with Crippen molar-refractivity contribution in [1.82, 2.24) is 4.90 Å². The van der Waals surface area contributed by atoms with Crippen LogP contribution in [0.2, 0.25) is 0 Å². The molecule has 2 heterocycles. The largest absolute Gasteiger partial charge is 0.454 e. The van der Waals surface area contributed by atoms with E-state index in [2.05, 4.69) is 21.9 Å². The summed E-state index contributed by atoms with van der Waals surface area (Å²) >= 11 is 0. The van der Waals surface area contributed by atoms with Gasteiger partial charge in [-0.05, 0) is 48.9 Å². The second-order valence-electron chi connectivity index (χ2n) is 6.55. The number of rotatable bonds is 4. The quantitative estimate of drug-likeness (QED) is 0.802. The summed E-state index contributed by atoms with van der Waals surface area (Å²) in [5.41, 5.74) is 3.21. The van der Waals surface area contributed by atoms with E-state index in [4.69, 9.17) is 9.47 Å². The average molecular weight is 338 g/mol. The number of ketones is 1. The van der Waals surface area contributed by atoms with E-state index in [1.807, 2.05) is 30.3 Å². The van der Waals surface area contributed by atoms with E-state index < -0.39 is 0 Å². The molecule has 5 nitrogen and oxygen atoms in total. The van der Waals surface area contributed by atoms with Gasteiger partial charge in [-0.25, -0.2) is 0 Å². The van der Waals surface area contributed by atoms with E-state index in [0.29, 0.717) is 6.79 Å². The number of benzene rings is 2. The van der Waals surface area contributed by atoms with Crippen LogP contribution in [0.15, 0.2) is 42.5 Å². The molecule has 1 fully saturated rings. The Balaban J connectivity index is 1.34. The third-order valence-corrected chi connectivity index (χ3v) is 4.85. The molecule has 5 heteroatoms. The summed E-state index contributed by atoms with van der Waals surface area (Å²) in [4.78, 5) is 16.2. The van der Waals surface area contributed by atoms with Crippen LogP contribution in [0.5, 0.6) is 11.5 Å². The van der Waals surface area contributed by atoms with E-state index in [-0.39, 0.29) is 5.78 Å². The van der Waals surface area contributed by atoms with Gasteiger partial charge in [0.15, 0.2) is 17.3 Å². The molecular formula is C20H22N2O3. The fraction of sp³-hybridized carbons (Fsp3) is 0.350. The van der Waals surface area contributed by atoms with Gasteiger partial charge >= 0.3 is 0 Å². The van der Waals surface area contributed by atoms with Crippen LogP contribution in [0, 0.1) is 0 Å². The minimum absolute atomic E-state index is 0.111. The van der Waals surface area contributed by atoms with Crippen LogP contribution >= 0.6 is 0 Å². The lowest BCUT2D eigenvalue weighted by atomic mass is 10.1. The van der Waals surface area contributed by atoms with Gasteiger partial charge in [-0.3, -0.25) is 9.69 Å². The lowest BCUT2D eigenvalue weighted by molar-refractivity contribution is 0.101. The molecular weight excluding hydrogens is 316 g/mol. The third kappa shape index (κ3) is 3.46. The Bertz CT molecular complexity index is 765. The van der Waals surface area contributed by atoms with Crippen LogP contribution in [0.25, 0.3) is 0 Å². The zero-order chi connectivity index (χ0) is 17.2. The standard InChI is InChI=1S/C20H22N2O3/c1-15(23)17-3-5-18(6-4-17)22-10-8-21(9-11-22)13-16-2-7-19-20(12-16)25-14-24-19/h2-7,12H,8-11,13-14H2,1H3. The van der Waals surface area contributed by atoms with Crippen LogP contribution in [-0.4, -0.2) is 43.7 Å². The average Bonchev–Trinajstić information content (AvgIpc) is 3.10. The molecule has 0 spiro atoms. The topological polar surface area (TPSA) is 42.0 Å². The highest BCUT2D eigenvalue weighted by Gasteiger charge is 2.19. The Kier molecular flexibility index (Phi) is 4.32. The summed E-state index contributed by atoms with van der Waals surface area (Å²) in [6, 6.07) is 14.1. The highest BCUT2D eigenvalue weighted by atomic mass is 16.7. The minimum Gasteiger partial charge on any atom is -0.454 e. The number of nitrogens with zero attached hydrogens (tertiary/aromatic N) is 2. The van der Waals surface area contributed by atoms with Crippen molar-refractivity contribution in [2.45, 2.75) is 13.5 Å². The Labute approximate surface area is 147 Å². The molecule has 0 atom stereocenters. The molecule has 4 rings (SSSR count). The van der Waals surface area contributed by atoms with Crippen LogP contribution in [0.4, 0.5) is 5.69 Å². The fourth-order valence-corrected chi connectivity index (χ4v) is 3.37. The molecule has 2 aliphatic heterocycles. The smallest absolute Gasteiger partial charge is 0.231 e. The summed E-state index contributed by atoms with van der Waals surface area (Å²) < 4.78 is 10.8. The first-order valence-electron chi connectivity index (χ1n) is 8.66. The maximum absolute atomic E-state index is 11.4. The Morgan fingerprint density at radius 2 is 1.68 bits per heavy atom. The summed E-state index contributed by atoms with van der Waals surface area (Å²) in [7, 11) is 0. The monoisotopic (exact) mass is 338 g/mol. The molecule has 2 aromatic rings. The lowest BCUT2D eigenvalue weighted by Gasteiger charge is -2.36. The van der Waals surface area contributed by atoms with E-state index >= 15 is 0 Å². The van der Waals surface area contributed by atoms with Gasteiger partial charge in [0.05, 0.1) is 0 Å². The lowest BCUT2D eigenvalue weighted by Crippen LogP contribution is -2.45. The third-order valence-electron chi connectivity index (χ3n) is 4.85. The van der Waals surface area contributed by atoms with Crippen molar-refractivity contribution in [3.63, 3.8) is 0 Å². The highest BCUT2D eigenvalue weighted by Crippen LogP contribution is 2.33. The Morgan fingerprint density at radius 1 is 0.960 bits per heavy atom. The number of carbonyl (C=O) groups is 1. The van der Waals surface area contributed by atoms with Crippen LogP contribution in [-0.2, 0) is 6.54 Å². The second-order valence-corrected chi connectivity index (χ2v) is 6.55. The van der Waals surface area contributed by atoms with Gasteiger partial charge in [0.25, 0.3) is 0 Å². The van der Waals surface area contributed by atoms with Gasteiger partial charge in [0, 0.05) is 44.0 Å². The van der Waals surface area contributed by atoms with Crippen LogP contribution in [0.1, 0.15) is 22.8 Å². The van der Waals surface area contributed by atoms with Crippen molar-refractivity contribution < 1.29 is 14.3 Å². The maximum atomic E-state index is 11.4. The van der Waals surface area contributed by atoms with Gasteiger partial charge in [-0.2, -0.15) is 0 Å². The normalized spacial score (nSPS) is 16.9. The molecule has 0 saturated carbocycles. The number of hydrogen-bond donors (Lipinski definition) is 0. The van der Waals surface area contributed by atoms with E-state index in [1.165, 1.54) is 11.3 Å². The molecule has 0 amide bonds. The number of ether oxygens (including phenoxy) is 2. The number of Topliss-reactive ketones (excluding diaryl/α,β-unsaturated/α-hetero) is 1. The first-order valence-corrected chi connectivity index (χ1v) is 8.66. The van der Waals surface area contributed by atoms with E-state index in [1.54, 1.807) is 6.92 Å². The summed E-state index contributed by atoms with van der Waals surface area (Å²) in [6.07, 6.45) is 0. The van der Waals surface area contributed by atoms with Crippen LogP contribution < -0.4 is 14.4 Å². The molecule has 0 N–H and O–H groups in total. The van der Waals surface area contributed by atoms with Crippen molar-refractivity contribution in [2.75, 3.05) is 37.9 Å². The van der Waals surface area contributed by atoms with Gasteiger partial charge in [-0.15, -0.1) is 0 Å². The van der Waals surface area contributed by atoms with Gasteiger partial charge in [0.2, 0.25) is 6.79 Å². The predicted octanol–water partition coefficient (Wildman–Crippen LogP) is 2.94. The molecule has 2 aromatic carbocycles. The molecule has 0 unspecified atom stereocenters. The van der Waals surface area contributed by atoms with Gasteiger partial charge in [-0.1, -0.05) is 6.07 Å². The van der Waals surface area contributed by atoms with Gasteiger partial charge < -0.3 is 14.4 Å². The molecule has 0 aromatic heterocycles. The maximum Gasteiger partial charge on any atom is 0.231 e. The summed E-state index contributed by atoms with van der Waals surface area (Å²) in [6.45, 7) is 6.86. The molecule has 0 aliphatic carbocycles. The first-order chi connectivity index (χ1) is 12.2. The van der Waals surface area contributed by atoms with E-state index in [0.717, 1.165) is 49.8 Å². The number of hydrogen-bond acceptors (Lipinski definition) is 5. The predicted molar refractivity (Wildman–Crippen MR) is 96.5 cm³/mol. The zero-order valence-corrected chi connectivity index (χ0v) is 14.4. The number of piperazine rings is 1. The molecule has 0 bridgehead atoms. The molecule has 25 heavy (non-hydrogen) atoms. The number of anilines is 1. The number of fused-ring (bicyclic) bond motifs is 1. The van der Waals surface area contributed by atoms with Crippen molar-refractivity contribution in [3.8, 4) is 11.5 Å². The fourth-order valence-electron chi connectivity index (χ4n) is 3.37. The SMILES string of the molecule is CC(=O)c1ccc(N2CCN(Cc3ccc4c(c3)OCO4)CC2)cc1. The van der Waals surface area contributed by atoms with Crippen molar-refractivity contribution >= 4 is 11.5 Å². The molecule has 130 valence electrons. The van der Waals surface area contributed by atoms with E-state index in [9.17, 15) is 4.79 Å². The zero-order valence-electron chi connectivity index (χ0n) is 14.4. The highest BCUT2D eigenvalue weighted by molar-refractivity contribution is 5.94. The van der Waals surface area contributed by atoms with Crippen molar-refractivity contribution in [2.24, 2.45) is 0 Å². The summed E-state index contributed by atoms with van der Waals surface area (Å²) in [5, 5.41) is 0. The Hall–Kier alpha value is -2.53. The number of carbonyl (C=O) groups excluding carboxylic acids is 1. The molecule has 1 saturated heterocycles. The van der Waals surface area contributed by atoms with Crippen LogP contribution in [0.3, 0.4) is 0 Å². The second kappa shape index (κ2) is 6.76. The molecule has 0 radical (unpaired) electrons. The van der Waals surface area contributed by atoms with Gasteiger partial charge in [0.1, 0.15) is 0 Å². The minimum atomic E-state index is 0.111. The molecule has 2 aliphatic rings. The first kappa shape index (κ1) is 16.0.